The fourth-order valence-corrected chi connectivity index (χ4v) is 4.64. The minimum Gasteiger partial charge on any atom is -0.299 e. The number of H-pyrrole nitrogens is 1. The van der Waals surface area contributed by atoms with Gasteiger partial charge in [0.15, 0.2) is 5.82 Å². The summed E-state index contributed by atoms with van der Waals surface area (Å²) in [5.41, 5.74) is -2.62. The Balaban J connectivity index is 2.12. The third kappa shape index (κ3) is 2.38. The molecule has 5 nitrogen and oxygen atoms in total. The van der Waals surface area contributed by atoms with Crippen LogP contribution >= 0.6 is 0 Å². The maximum atomic E-state index is 14.9. The molecule has 1 fully saturated rings. The number of aromatic amines is 1. The van der Waals surface area contributed by atoms with Gasteiger partial charge in [-0.15, -0.1) is 0 Å². The van der Waals surface area contributed by atoms with Crippen LogP contribution in [-0.2, 0) is 10.2 Å². The third-order valence-corrected chi connectivity index (χ3v) is 5.54. The molecule has 0 radical (unpaired) electrons. The number of aryl methyl sites for hydroxylation is 1. The fraction of sp³-hybridized carbons (Fsp3) is 0.474. The van der Waals surface area contributed by atoms with Gasteiger partial charge >= 0.3 is 6.18 Å². The summed E-state index contributed by atoms with van der Waals surface area (Å²) in [6.45, 7) is 5.27. The van der Waals surface area contributed by atoms with Crippen molar-refractivity contribution in [3.8, 4) is 0 Å². The summed E-state index contributed by atoms with van der Waals surface area (Å²) in [5, 5.41) is 6.64. The lowest BCUT2D eigenvalue weighted by atomic mass is 9.55. The van der Waals surface area contributed by atoms with Crippen molar-refractivity contribution in [2.45, 2.75) is 45.2 Å². The monoisotopic (exact) mass is 376 g/mol. The Labute approximate surface area is 154 Å². The number of Topliss-reactive ketones (excluding diaryl/α,β-unsaturated/α-hetero) is 1. The van der Waals surface area contributed by atoms with Gasteiger partial charge in [0.2, 0.25) is 0 Å². The fourth-order valence-electron chi connectivity index (χ4n) is 4.64. The molecular formula is C19H19F3N4O. The van der Waals surface area contributed by atoms with Crippen molar-refractivity contribution in [2.75, 3.05) is 0 Å². The molecule has 2 aromatic heterocycles. The number of alkyl halides is 3. The van der Waals surface area contributed by atoms with Crippen LogP contribution in [0.2, 0.25) is 0 Å². The second-order valence-electron chi connectivity index (χ2n) is 8.11. The van der Waals surface area contributed by atoms with Crippen LogP contribution in [0.3, 0.4) is 0 Å². The number of carbonyl (C=O) groups is 1. The number of nitrogens with zero attached hydrogens (tertiary/aromatic N) is 3. The Morgan fingerprint density at radius 2 is 2.00 bits per heavy atom. The molecule has 0 aromatic carbocycles. The third-order valence-electron chi connectivity index (χ3n) is 5.54. The highest BCUT2D eigenvalue weighted by atomic mass is 19.4. The van der Waals surface area contributed by atoms with Crippen molar-refractivity contribution in [1.29, 1.82) is 0 Å². The number of rotatable bonds is 1. The molecule has 2 aliphatic rings. The van der Waals surface area contributed by atoms with Gasteiger partial charge in [-0.25, -0.2) is 4.99 Å². The summed E-state index contributed by atoms with van der Waals surface area (Å²) in [4.78, 5) is 21.4. The number of nitrogens with one attached hydrogen (secondary N) is 1. The molecule has 142 valence electrons. The van der Waals surface area contributed by atoms with E-state index in [1.807, 2.05) is 13.8 Å². The maximum Gasteiger partial charge on any atom is 0.403 e. The van der Waals surface area contributed by atoms with Crippen molar-refractivity contribution >= 4 is 17.3 Å². The normalized spacial score (nSPS) is 27.0. The molecule has 0 spiro atoms. The topological polar surface area (TPSA) is 71.0 Å². The van der Waals surface area contributed by atoms with E-state index in [9.17, 15) is 18.0 Å². The Morgan fingerprint density at radius 3 is 2.63 bits per heavy atom. The van der Waals surface area contributed by atoms with Crippen molar-refractivity contribution in [1.82, 2.24) is 15.2 Å². The van der Waals surface area contributed by atoms with E-state index < -0.39 is 28.7 Å². The zero-order valence-corrected chi connectivity index (χ0v) is 15.2. The van der Waals surface area contributed by atoms with Gasteiger partial charge in [0, 0.05) is 35.8 Å². The Morgan fingerprint density at radius 1 is 1.26 bits per heavy atom. The van der Waals surface area contributed by atoms with E-state index in [-0.39, 0.29) is 34.8 Å². The Bertz CT molecular complexity index is 946. The largest absolute Gasteiger partial charge is 0.403 e. The first kappa shape index (κ1) is 17.9. The van der Waals surface area contributed by atoms with Crippen LogP contribution in [0.25, 0.3) is 0 Å². The summed E-state index contributed by atoms with van der Waals surface area (Å²) >= 11 is 0. The highest BCUT2D eigenvalue weighted by Crippen LogP contribution is 2.59. The molecule has 0 amide bonds. The minimum atomic E-state index is -4.73. The van der Waals surface area contributed by atoms with E-state index in [4.69, 9.17) is 0 Å². The Kier molecular flexibility index (Phi) is 3.64. The Hall–Kier alpha value is -2.51. The first-order valence-electron chi connectivity index (χ1n) is 8.71. The summed E-state index contributed by atoms with van der Waals surface area (Å²) in [6.07, 6.45) is -1.74. The van der Waals surface area contributed by atoms with Gasteiger partial charge in [-0.1, -0.05) is 19.9 Å². The van der Waals surface area contributed by atoms with Gasteiger partial charge in [-0.3, -0.25) is 14.9 Å². The molecule has 0 saturated heterocycles. The molecule has 2 atom stereocenters. The number of hydrogen-bond donors (Lipinski definition) is 1. The number of pyridine rings is 1. The van der Waals surface area contributed by atoms with Crippen LogP contribution in [0.5, 0.6) is 0 Å². The number of hydrogen-bond acceptors (Lipinski definition) is 4. The van der Waals surface area contributed by atoms with Gasteiger partial charge in [-0.05, 0) is 30.4 Å². The molecule has 2 aromatic rings. The van der Waals surface area contributed by atoms with Gasteiger partial charge in [0.05, 0.1) is 5.92 Å². The number of halogens is 3. The molecule has 3 heterocycles. The van der Waals surface area contributed by atoms with E-state index in [0.717, 1.165) is 0 Å². The molecular weight excluding hydrogens is 357 g/mol. The van der Waals surface area contributed by atoms with Gasteiger partial charge in [0.25, 0.3) is 0 Å². The zero-order valence-electron chi connectivity index (χ0n) is 15.2. The minimum absolute atomic E-state index is 0.00503. The predicted octanol–water partition coefficient (Wildman–Crippen LogP) is 4.05. The molecule has 0 bridgehead atoms. The van der Waals surface area contributed by atoms with E-state index in [1.54, 1.807) is 0 Å². The quantitative estimate of drug-likeness (QED) is 0.816. The van der Waals surface area contributed by atoms with Crippen LogP contribution in [0.4, 0.5) is 19.0 Å². The lowest BCUT2D eigenvalue weighted by Gasteiger charge is -2.48. The second-order valence-corrected chi connectivity index (χ2v) is 8.11. The first-order valence-corrected chi connectivity index (χ1v) is 8.71. The van der Waals surface area contributed by atoms with E-state index in [2.05, 4.69) is 20.2 Å². The van der Waals surface area contributed by atoms with Crippen LogP contribution in [0.1, 0.15) is 43.5 Å². The maximum absolute atomic E-state index is 14.9. The highest BCUT2D eigenvalue weighted by Gasteiger charge is 2.69. The van der Waals surface area contributed by atoms with E-state index >= 15 is 0 Å². The molecule has 1 saturated carbocycles. The molecule has 1 aliphatic carbocycles. The van der Waals surface area contributed by atoms with E-state index in [0.29, 0.717) is 6.42 Å². The molecule has 8 heteroatoms. The molecule has 1 N–H and O–H groups in total. The number of ketones is 1. The molecule has 1 aliphatic heterocycles. The number of aliphatic imine (C=N–C) groups is 1. The van der Waals surface area contributed by atoms with Crippen molar-refractivity contribution in [3.05, 3.63) is 41.3 Å². The number of aromatic nitrogens is 3. The summed E-state index contributed by atoms with van der Waals surface area (Å²) in [5.74, 6) is -1.85. The highest BCUT2D eigenvalue weighted by molar-refractivity contribution is 6.12. The second kappa shape index (κ2) is 5.50. The van der Waals surface area contributed by atoms with Crippen LogP contribution < -0.4 is 0 Å². The molecule has 27 heavy (non-hydrogen) atoms. The summed E-state index contributed by atoms with van der Waals surface area (Å²) in [6, 6.07) is 2.84. The van der Waals surface area contributed by atoms with Crippen LogP contribution in [0.15, 0.2) is 29.5 Å². The van der Waals surface area contributed by atoms with Gasteiger partial charge in [0.1, 0.15) is 11.2 Å². The predicted molar refractivity (Wildman–Crippen MR) is 93.0 cm³/mol. The van der Waals surface area contributed by atoms with Crippen molar-refractivity contribution < 1.29 is 18.0 Å². The van der Waals surface area contributed by atoms with Gasteiger partial charge < -0.3 is 0 Å². The SMILES string of the molecule is Cc1[nH]nc2c1C(c1cccnc1)(C(F)(F)F)C1C(=O)CC(C)(C)CC1=N2. The lowest BCUT2D eigenvalue weighted by Crippen LogP contribution is -2.59. The molecule has 4 rings (SSSR count). The van der Waals surface area contributed by atoms with Gasteiger partial charge in [-0.2, -0.15) is 18.3 Å². The van der Waals surface area contributed by atoms with E-state index in [1.165, 1.54) is 31.5 Å². The first-order chi connectivity index (χ1) is 12.6. The van der Waals surface area contributed by atoms with Crippen molar-refractivity contribution in [2.24, 2.45) is 16.3 Å². The summed E-state index contributed by atoms with van der Waals surface area (Å²) in [7, 11) is 0. The average Bonchev–Trinajstić information content (AvgIpc) is 2.92. The van der Waals surface area contributed by atoms with Crippen LogP contribution in [0, 0.1) is 18.3 Å². The smallest absolute Gasteiger partial charge is 0.299 e. The molecule has 2 unspecified atom stereocenters. The summed E-state index contributed by atoms with van der Waals surface area (Å²) < 4.78 is 44.6. The zero-order chi connectivity index (χ0) is 19.6. The van der Waals surface area contributed by atoms with Crippen LogP contribution in [-0.4, -0.2) is 32.9 Å². The van der Waals surface area contributed by atoms with Crippen molar-refractivity contribution in [3.63, 3.8) is 0 Å². The lowest BCUT2D eigenvalue weighted by molar-refractivity contribution is -0.190. The standard InChI is InChI=1S/C19H19F3N4O/c1-10-14-16(26-25-10)24-12-7-17(2,3)8-13(27)15(12)18(14,19(20,21)22)11-5-4-6-23-9-11/h4-6,9,15H,7-8H2,1-3H3,(H,25,26). The number of fused-ring (bicyclic) bond motifs is 2. The number of carbonyl (C=O) groups excluding carboxylic acids is 1. The average molecular weight is 376 g/mol.